The molecule has 0 unspecified atom stereocenters. The van der Waals surface area contributed by atoms with Crippen LogP contribution >= 0.6 is 0 Å². The highest BCUT2D eigenvalue weighted by Crippen LogP contribution is 2.35. The summed E-state index contributed by atoms with van der Waals surface area (Å²) in [6.45, 7) is 4.53. The molecule has 2 fully saturated rings. The van der Waals surface area contributed by atoms with Crippen molar-refractivity contribution >= 4 is 5.91 Å². The highest BCUT2D eigenvalue weighted by molar-refractivity contribution is 5.91. The van der Waals surface area contributed by atoms with Gasteiger partial charge in [0.15, 0.2) is 0 Å². The molecule has 2 heterocycles. The molecule has 1 aliphatic carbocycles. The van der Waals surface area contributed by atoms with Gasteiger partial charge in [0, 0.05) is 26.1 Å². The van der Waals surface area contributed by atoms with Crippen LogP contribution in [0.5, 0.6) is 0 Å². The number of H-pyrrole nitrogens is 1. The summed E-state index contributed by atoms with van der Waals surface area (Å²) < 4.78 is 0. The van der Waals surface area contributed by atoms with Crippen molar-refractivity contribution in [3.8, 4) is 0 Å². The molecule has 1 saturated heterocycles. The molecular formula is C14H23N5O. The third kappa shape index (κ3) is 2.32. The average Bonchev–Trinajstić information content (AvgIpc) is 2.97. The quantitative estimate of drug-likeness (QED) is 0.849. The second-order valence-corrected chi connectivity index (χ2v) is 5.88. The number of piperazine rings is 1. The summed E-state index contributed by atoms with van der Waals surface area (Å²) in [7, 11) is 0. The second kappa shape index (κ2) is 5.52. The van der Waals surface area contributed by atoms with Gasteiger partial charge in [0.2, 0.25) is 5.82 Å². The molecule has 1 amide bonds. The Kier molecular flexibility index (Phi) is 3.74. The summed E-state index contributed by atoms with van der Waals surface area (Å²) in [5.41, 5.74) is -0.0133. The van der Waals surface area contributed by atoms with Crippen LogP contribution in [0.2, 0.25) is 0 Å². The van der Waals surface area contributed by atoms with Crippen LogP contribution in [0.15, 0.2) is 0 Å². The van der Waals surface area contributed by atoms with Crippen LogP contribution in [-0.2, 0) is 6.42 Å². The number of hydrogen-bond acceptors (Lipinski definition) is 4. The van der Waals surface area contributed by atoms with E-state index < -0.39 is 0 Å². The zero-order chi connectivity index (χ0) is 14.0. The normalized spacial score (nSPS) is 22.1. The minimum Gasteiger partial charge on any atom is -0.328 e. The Morgan fingerprint density at radius 3 is 2.85 bits per heavy atom. The van der Waals surface area contributed by atoms with E-state index >= 15 is 0 Å². The van der Waals surface area contributed by atoms with Gasteiger partial charge in [-0.05, 0) is 12.8 Å². The smallest absolute Gasteiger partial charge is 0.294 e. The number of amides is 1. The van der Waals surface area contributed by atoms with Crippen LogP contribution in [-0.4, -0.2) is 51.2 Å². The Labute approximate surface area is 119 Å². The van der Waals surface area contributed by atoms with Gasteiger partial charge in [0.25, 0.3) is 5.91 Å². The van der Waals surface area contributed by atoms with Gasteiger partial charge in [-0.15, -0.1) is 5.10 Å². The van der Waals surface area contributed by atoms with Crippen molar-refractivity contribution in [2.45, 2.75) is 51.0 Å². The lowest BCUT2D eigenvalue weighted by Crippen LogP contribution is -2.63. The molecule has 2 aliphatic rings. The van der Waals surface area contributed by atoms with E-state index in [1.165, 1.54) is 19.3 Å². The Balaban J connectivity index is 1.83. The predicted molar refractivity (Wildman–Crippen MR) is 75.5 cm³/mol. The van der Waals surface area contributed by atoms with Crippen LogP contribution in [0, 0.1) is 0 Å². The summed E-state index contributed by atoms with van der Waals surface area (Å²) in [5.74, 6) is 1.10. The van der Waals surface area contributed by atoms with E-state index in [9.17, 15) is 4.79 Å². The number of hydrogen-bond donors (Lipinski definition) is 2. The van der Waals surface area contributed by atoms with Crippen LogP contribution in [0.3, 0.4) is 0 Å². The molecule has 0 radical (unpaired) electrons. The van der Waals surface area contributed by atoms with Crippen molar-refractivity contribution in [3.63, 3.8) is 0 Å². The molecule has 1 saturated carbocycles. The second-order valence-electron chi connectivity index (χ2n) is 5.88. The van der Waals surface area contributed by atoms with Crippen LogP contribution < -0.4 is 5.32 Å². The summed E-state index contributed by atoms with van der Waals surface area (Å²) >= 11 is 0. The van der Waals surface area contributed by atoms with Gasteiger partial charge in [-0.25, -0.2) is 4.98 Å². The first-order valence-electron chi connectivity index (χ1n) is 7.69. The van der Waals surface area contributed by atoms with E-state index in [1.54, 1.807) is 0 Å². The minimum absolute atomic E-state index is 0.00986. The zero-order valence-electron chi connectivity index (χ0n) is 12.1. The number of carbonyl (C=O) groups is 1. The predicted octanol–water partition coefficient (Wildman–Crippen LogP) is 1.12. The van der Waals surface area contributed by atoms with Crippen molar-refractivity contribution in [2.24, 2.45) is 0 Å². The zero-order valence-corrected chi connectivity index (χ0v) is 12.1. The van der Waals surface area contributed by atoms with Crippen molar-refractivity contribution in [1.29, 1.82) is 0 Å². The number of aromatic amines is 1. The molecule has 6 heteroatoms. The lowest BCUT2D eigenvalue weighted by atomic mass is 9.79. The lowest BCUT2D eigenvalue weighted by molar-refractivity contribution is 0.0212. The highest BCUT2D eigenvalue weighted by atomic mass is 16.2. The highest BCUT2D eigenvalue weighted by Gasteiger charge is 2.43. The fourth-order valence-corrected chi connectivity index (χ4v) is 3.49. The lowest BCUT2D eigenvalue weighted by Gasteiger charge is -2.49. The fraction of sp³-hybridized carbons (Fsp3) is 0.786. The minimum atomic E-state index is -0.0133. The molecule has 2 N–H and O–H groups in total. The van der Waals surface area contributed by atoms with Gasteiger partial charge >= 0.3 is 0 Å². The molecule has 6 nitrogen and oxygen atoms in total. The van der Waals surface area contributed by atoms with Crippen LogP contribution in [0.4, 0.5) is 0 Å². The number of carbonyl (C=O) groups excluding carboxylic acids is 1. The number of aromatic nitrogens is 3. The van der Waals surface area contributed by atoms with Gasteiger partial charge in [-0.2, -0.15) is 0 Å². The Hall–Kier alpha value is -1.43. The molecule has 0 aromatic carbocycles. The SMILES string of the molecule is CCc1nc(C(=O)N2CCNCC23CCCCC3)n[nH]1. The van der Waals surface area contributed by atoms with Gasteiger partial charge in [-0.1, -0.05) is 26.2 Å². The topological polar surface area (TPSA) is 73.9 Å². The van der Waals surface area contributed by atoms with Gasteiger partial charge < -0.3 is 10.2 Å². The number of nitrogens with one attached hydrogen (secondary N) is 2. The molecule has 1 spiro atoms. The standard InChI is InChI=1S/C14H23N5O/c1-2-11-16-12(18-17-11)13(20)19-9-8-15-10-14(19)6-4-3-5-7-14/h15H,2-10H2,1H3,(H,16,17,18). The molecule has 1 aromatic rings. The molecule has 110 valence electrons. The third-order valence-corrected chi connectivity index (χ3v) is 4.63. The molecule has 0 bridgehead atoms. The molecule has 0 atom stereocenters. The summed E-state index contributed by atoms with van der Waals surface area (Å²) in [5, 5.41) is 10.4. The molecule has 1 aliphatic heterocycles. The van der Waals surface area contributed by atoms with Crippen molar-refractivity contribution in [2.75, 3.05) is 19.6 Å². The first kappa shape index (κ1) is 13.5. The molecular weight excluding hydrogens is 254 g/mol. The monoisotopic (exact) mass is 277 g/mol. The Morgan fingerprint density at radius 1 is 1.35 bits per heavy atom. The average molecular weight is 277 g/mol. The van der Waals surface area contributed by atoms with E-state index in [0.717, 1.165) is 44.7 Å². The summed E-state index contributed by atoms with van der Waals surface area (Å²) in [6, 6.07) is 0. The molecule has 1 aromatic heterocycles. The van der Waals surface area contributed by atoms with E-state index in [2.05, 4.69) is 20.5 Å². The van der Waals surface area contributed by atoms with E-state index in [0.29, 0.717) is 5.82 Å². The van der Waals surface area contributed by atoms with E-state index in [4.69, 9.17) is 0 Å². The number of nitrogens with zero attached hydrogens (tertiary/aromatic N) is 3. The Bertz CT molecular complexity index is 469. The first-order chi connectivity index (χ1) is 9.75. The third-order valence-electron chi connectivity index (χ3n) is 4.63. The number of aryl methyl sites for hydroxylation is 1. The van der Waals surface area contributed by atoms with Gasteiger partial charge in [0.1, 0.15) is 5.82 Å². The number of rotatable bonds is 2. The molecule has 20 heavy (non-hydrogen) atoms. The van der Waals surface area contributed by atoms with Gasteiger partial charge in [-0.3, -0.25) is 9.89 Å². The maximum absolute atomic E-state index is 12.8. The maximum atomic E-state index is 12.8. The first-order valence-corrected chi connectivity index (χ1v) is 7.69. The Morgan fingerprint density at radius 2 is 2.15 bits per heavy atom. The largest absolute Gasteiger partial charge is 0.328 e. The fourth-order valence-electron chi connectivity index (χ4n) is 3.49. The van der Waals surface area contributed by atoms with Crippen molar-refractivity contribution in [3.05, 3.63) is 11.6 Å². The van der Waals surface area contributed by atoms with E-state index in [1.807, 2.05) is 11.8 Å². The van der Waals surface area contributed by atoms with Crippen molar-refractivity contribution in [1.82, 2.24) is 25.4 Å². The van der Waals surface area contributed by atoms with Crippen molar-refractivity contribution < 1.29 is 4.79 Å². The van der Waals surface area contributed by atoms with E-state index in [-0.39, 0.29) is 11.4 Å². The summed E-state index contributed by atoms with van der Waals surface area (Å²) in [6.07, 6.45) is 6.66. The van der Waals surface area contributed by atoms with Crippen LogP contribution in [0.25, 0.3) is 0 Å². The summed E-state index contributed by atoms with van der Waals surface area (Å²) in [4.78, 5) is 19.1. The van der Waals surface area contributed by atoms with Gasteiger partial charge in [0.05, 0.1) is 5.54 Å². The maximum Gasteiger partial charge on any atom is 0.294 e. The molecule has 3 rings (SSSR count). The van der Waals surface area contributed by atoms with Crippen LogP contribution in [0.1, 0.15) is 55.5 Å².